The summed E-state index contributed by atoms with van der Waals surface area (Å²) in [6.07, 6.45) is 1.31. The summed E-state index contributed by atoms with van der Waals surface area (Å²) < 4.78 is 4.87. The zero-order valence-corrected chi connectivity index (χ0v) is 15.8. The third-order valence-electron chi connectivity index (χ3n) is 3.48. The molecule has 1 amide bonds. The minimum atomic E-state index is -0.565. The highest BCUT2D eigenvalue weighted by molar-refractivity contribution is 7.99. The number of rotatable bonds is 7. The first-order valence-electron chi connectivity index (χ1n) is 8.23. The molecule has 7 nitrogen and oxygen atoms in total. The third kappa shape index (κ3) is 5.19. The number of benzene rings is 1. The van der Waals surface area contributed by atoms with Gasteiger partial charge in [0.25, 0.3) is 0 Å². The van der Waals surface area contributed by atoms with Gasteiger partial charge < -0.3 is 15.8 Å². The number of thioether (sulfide) groups is 1. The molecule has 0 aliphatic rings. The molecule has 0 saturated heterocycles. The molecular formula is C18H22N4O3S. The first kappa shape index (κ1) is 19.7. The smallest absolute Gasteiger partial charge is 0.343 e. The molecule has 1 heterocycles. The number of amides is 1. The Morgan fingerprint density at radius 3 is 2.69 bits per heavy atom. The van der Waals surface area contributed by atoms with Crippen molar-refractivity contribution in [3.05, 3.63) is 41.6 Å². The minimum absolute atomic E-state index is 0.0338. The van der Waals surface area contributed by atoms with Crippen LogP contribution in [0.2, 0.25) is 0 Å². The average molecular weight is 374 g/mol. The number of carbonyl (C=O) groups excluding carboxylic acids is 2. The molecule has 0 spiro atoms. The fourth-order valence-corrected chi connectivity index (χ4v) is 2.87. The number of ether oxygens (including phenoxy) is 1. The molecule has 1 aromatic carbocycles. The molecule has 2 rings (SSSR count). The van der Waals surface area contributed by atoms with E-state index in [0.29, 0.717) is 11.1 Å². The number of para-hydroxylation sites is 1. The second kappa shape index (κ2) is 9.19. The van der Waals surface area contributed by atoms with E-state index in [1.165, 1.54) is 6.20 Å². The molecule has 26 heavy (non-hydrogen) atoms. The summed E-state index contributed by atoms with van der Waals surface area (Å²) in [7, 11) is 0. The van der Waals surface area contributed by atoms with Crippen molar-refractivity contribution in [2.24, 2.45) is 0 Å². The van der Waals surface area contributed by atoms with Gasteiger partial charge >= 0.3 is 5.97 Å². The van der Waals surface area contributed by atoms with Crippen LogP contribution in [0.25, 0.3) is 0 Å². The molecule has 0 bridgehead atoms. The summed E-state index contributed by atoms with van der Waals surface area (Å²) in [5.74, 6) is -0.265. The number of nitrogens with one attached hydrogen (secondary N) is 1. The van der Waals surface area contributed by atoms with Gasteiger partial charge in [-0.25, -0.2) is 14.8 Å². The average Bonchev–Trinajstić information content (AvgIpc) is 2.60. The van der Waals surface area contributed by atoms with Gasteiger partial charge in [-0.15, -0.1) is 0 Å². The zero-order chi connectivity index (χ0) is 19.1. The summed E-state index contributed by atoms with van der Waals surface area (Å²) in [4.78, 5) is 32.0. The number of carbonyl (C=O) groups is 2. The van der Waals surface area contributed by atoms with Crippen molar-refractivity contribution in [3.63, 3.8) is 0 Å². The van der Waals surface area contributed by atoms with Crippen molar-refractivity contribution in [1.29, 1.82) is 0 Å². The Bertz CT molecular complexity index is 796. The highest BCUT2D eigenvalue weighted by Gasteiger charge is 2.15. The van der Waals surface area contributed by atoms with E-state index >= 15 is 0 Å². The van der Waals surface area contributed by atoms with E-state index in [0.717, 1.165) is 23.0 Å². The van der Waals surface area contributed by atoms with Gasteiger partial charge in [0, 0.05) is 11.9 Å². The van der Waals surface area contributed by atoms with Crippen molar-refractivity contribution in [3.8, 4) is 0 Å². The highest BCUT2D eigenvalue weighted by atomic mass is 32.2. The highest BCUT2D eigenvalue weighted by Crippen LogP contribution is 2.24. The van der Waals surface area contributed by atoms with Gasteiger partial charge in [-0.1, -0.05) is 43.8 Å². The van der Waals surface area contributed by atoms with Crippen LogP contribution in [0.1, 0.15) is 42.6 Å². The molecule has 0 radical (unpaired) electrons. The Labute approximate surface area is 156 Å². The lowest BCUT2D eigenvalue weighted by molar-refractivity contribution is -0.113. The van der Waals surface area contributed by atoms with E-state index in [-0.39, 0.29) is 29.6 Å². The summed E-state index contributed by atoms with van der Waals surface area (Å²) in [5.41, 5.74) is 7.76. The van der Waals surface area contributed by atoms with Crippen molar-refractivity contribution < 1.29 is 14.3 Å². The number of aromatic nitrogens is 2. The van der Waals surface area contributed by atoms with E-state index < -0.39 is 5.97 Å². The fraction of sp³-hybridized carbons (Fsp3) is 0.333. The Hall–Kier alpha value is -2.61. The standard InChI is InChI=1S/C18H22N4O3S/c1-4-25-17(24)13-9-20-18(22-16(13)19)26-10-15(23)21-14-8-6-5-7-12(14)11(2)3/h5-9,11H,4,10H2,1-3H3,(H,21,23)(H2,19,20,22). The van der Waals surface area contributed by atoms with Crippen LogP contribution >= 0.6 is 11.8 Å². The predicted octanol–water partition coefficient (Wildman–Crippen LogP) is 3.09. The molecule has 0 saturated carbocycles. The quantitative estimate of drug-likeness (QED) is 0.435. The zero-order valence-electron chi connectivity index (χ0n) is 15.0. The largest absolute Gasteiger partial charge is 0.462 e. The van der Waals surface area contributed by atoms with Gasteiger partial charge in [0.2, 0.25) is 5.91 Å². The van der Waals surface area contributed by atoms with Crippen LogP contribution in [0.3, 0.4) is 0 Å². The van der Waals surface area contributed by atoms with Crippen LogP contribution in [0.4, 0.5) is 11.5 Å². The SMILES string of the molecule is CCOC(=O)c1cnc(SCC(=O)Nc2ccccc2C(C)C)nc1N. The summed E-state index contributed by atoms with van der Waals surface area (Å²) in [6.45, 7) is 6.09. The van der Waals surface area contributed by atoms with Crippen molar-refractivity contribution in [2.75, 3.05) is 23.4 Å². The molecule has 0 aliphatic carbocycles. The van der Waals surface area contributed by atoms with Crippen LogP contribution in [-0.4, -0.2) is 34.2 Å². The number of hydrogen-bond acceptors (Lipinski definition) is 7. The lowest BCUT2D eigenvalue weighted by atomic mass is 10.0. The maximum absolute atomic E-state index is 12.2. The first-order valence-corrected chi connectivity index (χ1v) is 9.22. The summed E-state index contributed by atoms with van der Waals surface area (Å²) >= 11 is 1.14. The fourth-order valence-electron chi connectivity index (χ4n) is 2.24. The molecule has 0 unspecified atom stereocenters. The number of nitrogen functional groups attached to an aromatic ring is 1. The Morgan fingerprint density at radius 1 is 1.31 bits per heavy atom. The van der Waals surface area contributed by atoms with Crippen LogP contribution in [0, 0.1) is 0 Å². The Morgan fingerprint density at radius 2 is 2.04 bits per heavy atom. The van der Waals surface area contributed by atoms with Crippen LogP contribution in [0.5, 0.6) is 0 Å². The predicted molar refractivity (Wildman–Crippen MR) is 102 cm³/mol. The van der Waals surface area contributed by atoms with E-state index in [4.69, 9.17) is 10.5 Å². The lowest BCUT2D eigenvalue weighted by Gasteiger charge is -2.13. The van der Waals surface area contributed by atoms with E-state index in [1.54, 1.807) is 6.92 Å². The summed E-state index contributed by atoms with van der Waals surface area (Å²) in [6, 6.07) is 7.69. The number of anilines is 2. The van der Waals surface area contributed by atoms with Gasteiger partial charge in [-0.3, -0.25) is 4.79 Å². The lowest BCUT2D eigenvalue weighted by Crippen LogP contribution is -2.16. The topological polar surface area (TPSA) is 107 Å². The number of nitrogens with two attached hydrogens (primary N) is 1. The third-order valence-corrected chi connectivity index (χ3v) is 4.34. The molecule has 0 aliphatic heterocycles. The minimum Gasteiger partial charge on any atom is -0.462 e. The molecule has 0 atom stereocenters. The van der Waals surface area contributed by atoms with Crippen LogP contribution in [-0.2, 0) is 9.53 Å². The summed E-state index contributed by atoms with van der Waals surface area (Å²) in [5, 5.41) is 3.22. The van der Waals surface area contributed by atoms with Crippen molar-refractivity contribution in [2.45, 2.75) is 31.8 Å². The molecule has 3 N–H and O–H groups in total. The monoisotopic (exact) mass is 374 g/mol. The number of nitrogens with zero attached hydrogens (tertiary/aromatic N) is 2. The van der Waals surface area contributed by atoms with Crippen LogP contribution < -0.4 is 11.1 Å². The second-order valence-electron chi connectivity index (χ2n) is 5.75. The first-order chi connectivity index (χ1) is 12.4. The molecule has 8 heteroatoms. The van der Waals surface area contributed by atoms with E-state index in [9.17, 15) is 9.59 Å². The van der Waals surface area contributed by atoms with Gasteiger partial charge in [-0.2, -0.15) is 0 Å². The maximum atomic E-state index is 12.2. The van der Waals surface area contributed by atoms with E-state index in [2.05, 4.69) is 29.1 Å². The molecule has 0 fully saturated rings. The molecule has 2 aromatic rings. The van der Waals surface area contributed by atoms with Gasteiger partial charge in [0.1, 0.15) is 11.4 Å². The molecular weight excluding hydrogens is 352 g/mol. The van der Waals surface area contributed by atoms with Gasteiger partial charge in [0.05, 0.1) is 12.4 Å². The maximum Gasteiger partial charge on any atom is 0.343 e. The normalized spacial score (nSPS) is 10.6. The Balaban J connectivity index is 1.98. The van der Waals surface area contributed by atoms with E-state index in [1.807, 2.05) is 24.3 Å². The van der Waals surface area contributed by atoms with Gasteiger partial charge in [0.15, 0.2) is 5.16 Å². The Kier molecular flexibility index (Phi) is 6.97. The molecule has 1 aromatic heterocycles. The van der Waals surface area contributed by atoms with Crippen molar-refractivity contribution >= 4 is 35.1 Å². The van der Waals surface area contributed by atoms with Gasteiger partial charge in [-0.05, 0) is 24.5 Å². The number of hydrogen-bond donors (Lipinski definition) is 2. The van der Waals surface area contributed by atoms with Crippen molar-refractivity contribution in [1.82, 2.24) is 9.97 Å². The second-order valence-corrected chi connectivity index (χ2v) is 6.69. The molecule has 138 valence electrons. The van der Waals surface area contributed by atoms with Crippen LogP contribution in [0.15, 0.2) is 35.6 Å². The number of esters is 1.